The standard InChI is InChI=1S/C32H27N2O.Ni/c1-32(2,3)26-16-14-22(15-17-26)23-19-24(28-10-6-7-18-33-28)21-25(20-23)29-11-8-12-30(34-29)27-9-4-5-13-31(27)35;/h4-20,35H,1-3H3;/q-1;. The molecule has 0 spiro atoms. The van der Waals surface area contributed by atoms with E-state index in [9.17, 15) is 5.11 Å². The minimum absolute atomic E-state index is 0. The molecule has 0 aliphatic rings. The van der Waals surface area contributed by atoms with Gasteiger partial charge < -0.3 is 5.11 Å². The van der Waals surface area contributed by atoms with Crippen LogP contribution in [0.2, 0.25) is 0 Å². The van der Waals surface area contributed by atoms with Crippen molar-refractivity contribution in [2.75, 3.05) is 0 Å². The van der Waals surface area contributed by atoms with E-state index in [1.807, 2.05) is 54.6 Å². The number of aromatic nitrogens is 2. The first-order chi connectivity index (χ1) is 16.9. The maximum atomic E-state index is 10.3. The van der Waals surface area contributed by atoms with Gasteiger partial charge in [0.2, 0.25) is 0 Å². The molecule has 3 nitrogen and oxygen atoms in total. The Bertz CT molecular complexity index is 1470. The average molecular weight is 514 g/mol. The molecule has 2 heterocycles. The van der Waals surface area contributed by atoms with Crippen molar-refractivity contribution in [3.8, 4) is 50.6 Å². The van der Waals surface area contributed by atoms with Crippen molar-refractivity contribution in [3.05, 3.63) is 115 Å². The van der Waals surface area contributed by atoms with Crippen molar-refractivity contribution in [1.29, 1.82) is 0 Å². The normalized spacial score (nSPS) is 11.1. The van der Waals surface area contributed by atoms with Crippen molar-refractivity contribution >= 4 is 0 Å². The molecule has 2 aromatic heterocycles. The number of nitrogens with zero attached hydrogens (tertiary/aromatic N) is 2. The number of aromatic hydroxyl groups is 1. The molecule has 5 aromatic rings. The monoisotopic (exact) mass is 513 g/mol. The van der Waals surface area contributed by atoms with Gasteiger partial charge in [0.25, 0.3) is 0 Å². The molecular formula is C32H27N2NiO-. The summed E-state index contributed by atoms with van der Waals surface area (Å²) < 4.78 is 0. The molecule has 3 aromatic carbocycles. The summed E-state index contributed by atoms with van der Waals surface area (Å²) in [4.78, 5) is 9.44. The Morgan fingerprint density at radius 2 is 1.31 bits per heavy atom. The number of para-hydroxylation sites is 1. The Labute approximate surface area is 222 Å². The Morgan fingerprint density at radius 3 is 1.97 bits per heavy atom. The summed E-state index contributed by atoms with van der Waals surface area (Å²) in [6.07, 6.45) is 1.80. The fraction of sp³-hybridized carbons (Fsp3) is 0.125. The number of rotatable bonds is 4. The zero-order valence-electron chi connectivity index (χ0n) is 20.5. The van der Waals surface area contributed by atoms with E-state index < -0.39 is 0 Å². The van der Waals surface area contributed by atoms with Gasteiger partial charge >= 0.3 is 0 Å². The molecule has 0 saturated heterocycles. The van der Waals surface area contributed by atoms with Crippen molar-refractivity contribution in [3.63, 3.8) is 0 Å². The third-order valence-corrected chi connectivity index (χ3v) is 6.10. The first-order valence-electron chi connectivity index (χ1n) is 11.7. The topological polar surface area (TPSA) is 46.0 Å². The maximum absolute atomic E-state index is 10.3. The molecule has 182 valence electrons. The second-order valence-corrected chi connectivity index (χ2v) is 9.66. The molecule has 0 aliphatic heterocycles. The van der Waals surface area contributed by atoms with Gasteiger partial charge in [0.05, 0.1) is 5.69 Å². The molecule has 0 aliphatic carbocycles. The molecule has 0 radical (unpaired) electrons. The molecule has 0 bridgehead atoms. The molecule has 0 amide bonds. The van der Waals surface area contributed by atoms with Crippen LogP contribution in [0.5, 0.6) is 5.75 Å². The SMILES string of the molecule is CC(C)(C)c1ccc(-c2cc(-c3ccccn3)[c-]c(-c3cccc(-c4ccccc4O)n3)c2)cc1.[Ni]. The van der Waals surface area contributed by atoms with Crippen LogP contribution >= 0.6 is 0 Å². The van der Waals surface area contributed by atoms with Gasteiger partial charge in [0, 0.05) is 39.6 Å². The van der Waals surface area contributed by atoms with Crippen molar-refractivity contribution in [2.24, 2.45) is 0 Å². The van der Waals surface area contributed by atoms with Crippen LogP contribution < -0.4 is 0 Å². The average Bonchev–Trinajstić information content (AvgIpc) is 2.89. The van der Waals surface area contributed by atoms with E-state index in [-0.39, 0.29) is 27.7 Å². The minimum atomic E-state index is 0. The fourth-order valence-electron chi connectivity index (χ4n) is 4.12. The predicted octanol–water partition coefficient (Wildman–Crippen LogP) is 7.95. The van der Waals surface area contributed by atoms with Gasteiger partial charge in [-0.3, -0.25) is 9.97 Å². The van der Waals surface area contributed by atoms with E-state index in [0.29, 0.717) is 11.3 Å². The number of phenols is 1. The van der Waals surface area contributed by atoms with Gasteiger partial charge in [0.15, 0.2) is 0 Å². The van der Waals surface area contributed by atoms with Crippen molar-refractivity contribution in [2.45, 2.75) is 26.2 Å². The van der Waals surface area contributed by atoms with Crippen LogP contribution in [0.3, 0.4) is 0 Å². The number of benzene rings is 3. The Morgan fingerprint density at radius 1 is 0.667 bits per heavy atom. The summed E-state index contributed by atoms with van der Waals surface area (Å²) in [7, 11) is 0. The molecular weight excluding hydrogens is 487 g/mol. The quantitative estimate of drug-likeness (QED) is 0.196. The third kappa shape index (κ3) is 5.40. The van der Waals surface area contributed by atoms with Gasteiger partial charge in [-0.05, 0) is 40.8 Å². The van der Waals surface area contributed by atoms with E-state index in [1.54, 1.807) is 12.3 Å². The molecule has 1 N–H and O–H groups in total. The molecule has 0 saturated carbocycles. The van der Waals surface area contributed by atoms with Crippen molar-refractivity contribution in [1.82, 2.24) is 9.97 Å². The Kier molecular flexibility index (Phi) is 7.38. The Hall–Kier alpha value is -3.75. The molecule has 0 fully saturated rings. The van der Waals surface area contributed by atoms with Crippen LogP contribution in [-0.4, -0.2) is 15.1 Å². The van der Waals surface area contributed by atoms with Crippen LogP contribution in [0.15, 0.2) is 103 Å². The fourth-order valence-corrected chi connectivity index (χ4v) is 4.12. The summed E-state index contributed by atoms with van der Waals surface area (Å²) in [5.41, 5.74) is 8.45. The molecule has 36 heavy (non-hydrogen) atoms. The number of hydrogen-bond donors (Lipinski definition) is 1. The van der Waals surface area contributed by atoms with E-state index in [4.69, 9.17) is 4.98 Å². The van der Waals surface area contributed by atoms with E-state index in [0.717, 1.165) is 33.6 Å². The summed E-state index contributed by atoms with van der Waals surface area (Å²) in [6.45, 7) is 6.67. The zero-order chi connectivity index (χ0) is 24.4. The zero-order valence-corrected chi connectivity index (χ0v) is 21.5. The van der Waals surface area contributed by atoms with Crippen LogP contribution in [0.4, 0.5) is 0 Å². The van der Waals surface area contributed by atoms with E-state index in [1.165, 1.54) is 5.56 Å². The first kappa shape index (κ1) is 25.3. The van der Waals surface area contributed by atoms with Crippen LogP contribution in [0.25, 0.3) is 44.9 Å². The van der Waals surface area contributed by atoms with Crippen molar-refractivity contribution < 1.29 is 21.6 Å². The smallest absolute Gasteiger partial charge is 0.124 e. The van der Waals surface area contributed by atoms with Crippen LogP contribution in [0, 0.1) is 6.07 Å². The molecule has 0 unspecified atom stereocenters. The maximum Gasteiger partial charge on any atom is 0.124 e. The van der Waals surface area contributed by atoms with Crippen LogP contribution in [0.1, 0.15) is 26.3 Å². The summed E-state index contributed by atoms with van der Waals surface area (Å²) >= 11 is 0. The summed E-state index contributed by atoms with van der Waals surface area (Å²) in [6, 6.07) is 35.5. The number of phenolic OH excluding ortho intramolecular Hbond substituents is 1. The van der Waals surface area contributed by atoms with Crippen LogP contribution in [-0.2, 0) is 21.9 Å². The van der Waals surface area contributed by atoms with Gasteiger partial charge in [-0.25, -0.2) is 0 Å². The summed E-state index contributed by atoms with van der Waals surface area (Å²) in [5.74, 6) is 0.211. The first-order valence-corrected chi connectivity index (χ1v) is 11.7. The second-order valence-electron chi connectivity index (χ2n) is 9.66. The van der Waals surface area contributed by atoms with Gasteiger partial charge in [0.1, 0.15) is 5.75 Å². The Balaban J connectivity index is 0.00000304. The largest absolute Gasteiger partial charge is 0.507 e. The molecule has 0 atom stereocenters. The van der Waals surface area contributed by atoms with E-state index >= 15 is 0 Å². The van der Waals surface area contributed by atoms with Gasteiger partial charge in [-0.2, -0.15) is 0 Å². The van der Waals surface area contributed by atoms with E-state index in [2.05, 4.69) is 68.2 Å². The predicted molar refractivity (Wildman–Crippen MR) is 143 cm³/mol. The van der Waals surface area contributed by atoms with Gasteiger partial charge in [-0.1, -0.05) is 98.1 Å². The molecule has 5 rings (SSSR count). The third-order valence-electron chi connectivity index (χ3n) is 6.10. The second kappa shape index (κ2) is 10.5. The number of hydrogen-bond acceptors (Lipinski definition) is 3. The summed E-state index contributed by atoms with van der Waals surface area (Å²) in [5, 5.41) is 10.3. The number of pyridine rings is 2. The van der Waals surface area contributed by atoms with Gasteiger partial charge in [-0.15, -0.1) is 18.2 Å². The molecule has 4 heteroatoms. The minimum Gasteiger partial charge on any atom is -0.507 e.